The van der Waals surface area contributed by atoms with Crippen molar-refractivity contribution in [2.24, 2.45) is 0 Å². The summed E-state index contributed by atoms with van der Waals surface area (Å²) in [5.74, 6) is -0.00218. The van der Waals surface area contributed by atoms with Crippen molar-refractivity contribution in [1.29, 1.82) is 0 Å². The first-order valence-corrected chi connectivity index (χ1v) is 7.43. The molecule has 0 aliphatic rings. The monoisotopic (exact) mass is 309 g/mol. The summed E-state index contributed by atoms with van der Waals surface area (Å²) in [5.41, 5.74) is -0.0552. The summed E-state index contributed by atoms with van der Waals surface area (Å²) in [4.78, 5) is 9.59. The minimum absolute atomic E-state index is 0.00218. The molecule has 0 fully saturated rings. The molecule has 1 aromatic carbocycles. The molecule has 106 valence electrons. The Bertz CT molecular complexity index is 586. The normalized spacial score (nSPS) is 11.3. The summed E-state index contributed by atoms with van der Waals surface area (Å²) in [7, 11) is 2.58. The summed E-state index contributed by atoms with van der Waals surface area (Å²) in [6.45, 7) is 1.85. The summed E-state index contributed by atoms with van der Waals surface area (Å²) in [6, 6.07) is 2.09. The quantitative estimate of drug-likeness (QED) is 0.344. The first-order chi connectivity index (χ1) is 8.77. The third-order valence-electron chi connectivity index (χ3n) is 2.23. The second-order valence-corrected chi connectivity index (χ2v) is 6.16. The molecule has 0 saturated heterocycles. The van der Waals surface area contributed by atoms with Crippen LogP contribution < -0.4 is 4.74 Å². The first kappa shape index (κ1) is 15.7. The zero-order valence-electron chi connectivity index (χ0n) is 10.3. The van der Waals surface area contributed by atoms with Crippen LogP contribution in [-0.2, 0) is 13.8 Å². The van der Waals surface area contributed by atoms with Crippen molar-refractivity contribution in [2.45, 2.75) is 11.8 Å². The van der Waals surface area contributed by atoms with Gasteiger partial charge in [-0.15, -0.1) is 0 Å². The van der Waals surface area contributed by atoms with E-state index in [2.05, 4.69) is 0 Å². The highest BCUT2D eigenvalue weighted by atomic mass is 35.7. The van der Waals surface area contributed by atoms with E-state index >= 15 is 0 Å². The van der Waals surface area contributed by atoms with Gasteiger partial charge in [-0.3, -0.25) is 10.1 Å². The predicted octanol–water partition coefficient (Wildman–Crippen LogP) is 1.86. The standard InChI is InChI=1S/C10H12ClNO6S/c1-7-5-8(12(13)14)6-9(19(11,15)16)10(7)18-4-3-17-2/h5-6H,3-4H2,1-2H3. The fourth-order valence-electron chi connectivity index (χ4n) is 1.42. The Morgan fingerprint density at radius 3 is 2.47 bits per heavy atom. The Labute approximate surface area is 114 Å². The van der Waals surface area contributed by atoms with Crippen molar-refractivity contribution in [3.8, 4) is 5.75 Å². The van der Waals surface area contributed by atoms with E-state index in [0.29, 0.717) is 5.56 Å². The van der Waals surface area contributed by atoms with E-state index in [1.54, 1.807) is 0 Å². The second kappa shape index (κ2) is 6.18. The number of aryl methyl sites for hydroxylation is 1. The van der Waals surface area contributed by atoms with Crippen molar-refractivity contribution in [2.75, 3.05) is 20.3 Å². The molecule has 0 aliphatic heterocycles. The van der Waals surface area contributed by atoms with Crippen LogP contribution >= 0.6 is 10.7 Å². The maximum atomic E-state index is 11.4. The number of methoxy groups -OCH3 is 1. The molecule has 1 rings (SSSR count). The van der Waals surface area contributed by atoms with Gasteiger partial charge in [0.05, 0.1) is 11.5 Å². The number of non-ortho nitro benzene ring substituents is 1. The predicted molar refractivity (Wildman–Crippen MR) is 68.2 cm³/mol. The Morgan fingerprint density at radius 2 is 2.00 bits per heavy atom. The van der Waals surface area contributed by atoms with Gasteiger partial charge < -0.3 is 9.47 Å². The molecule has 1 aromatic rings. The molecule has 0 radical (unpaired) electrons. The fraction of sp³-hybridized carbons (Fsp3) is 0.400. The van der Waals surface area contributed by atoms with E-state index in [4.69, 9.17) is 20.2 Å². The second-order valence-electron chi connectivity index (χ2n) is 3.63. The Kier molecular flexibility index (Phi) is 5.10. The van der Waals surface area contributed by atoms with Crippen molar-refractivity contribution >= 4 is 25.4 Å². The van der Waals surface area contributed by atoms with Crippen LogP contribution in [0.3, 0.4) is 0 Å². The molecule has 0 aromatic heterocycles. The molecule has 9 heteroatoms. The largest absolute Gasteiger partial charge is 0.489 e. The van der Waals surface area contributed by atoms with Crippen LogP contribution in [0.5, 0.6) is 5.75 Å². The van der Waals surface area contributed by atoms with Gasteiger partial charge in [-0.05, 0) is 12.5 Å². The number of hydrogen-bond donors (Lipinski definition) is 0. The van der Waals surface area contributed by atoms with Gasteiger partial charge in [0.1, 0.15) is 17.3 Å². The van der Waals surface area contributed by atoms with E-state index in [1.165, 1.54) is 20.1 Å². The molecule has 7 nitrogen and oxygen atoms in total. The zero-order chi connectivity index (χ0) is 14.6. The van der Waals surface area contributed by atoms with E-state index in [0.717, 1.165) is 6.07 Å². The lowest BCUT2D eigenvalue weighted by molar-refractivity contribution is -0.385. The lowest BCUT2D eigenvalue weighted by Crippen LogP contribution is -2.08. The maximum Gasteiger partial charge on any atom is 0.271 e. The molecule has 0 atom stereocenters. The average molecular weight is 310 g/mol. The van der Waals surface area contributed by atoms with E-state index in [1.807, 2.05) is 0 Å². The third-order valence-corrected chi connectivity index (χ3v) is 3.56. The van der Waals surface area contributed by atoms with Crippen molar-refractivity contribution < 1.29 is 22.8 Å². The molecule has 0 heterocycles. The van der Waals surface area contributed by atoms with Gasteiger partial charge in [0.15, 0.2) is 0 Å². The summed E-state index contributed by atoms with van der Waals surface area (Å²) in [6.07, 6.45) is 0. The SMILES string of the molecule is COCCOc1c(C)cc([N+](=O)[O-])cc1S(=O)(=O)Cl. The zero-order valence-corrected chi connectivity index (χ0v) is 11.8. The van der Waals surface area contributed by atoms with Crippen LogP contribution in [0.15, 0.2) is 17.0 Å². The number of nitro groups is 1. The van der Waals surface area contributed by atoms with Gasteiger partial charge in [-0.2, -0.15) is 0 Å². The lowest BCUT2D eigenvalue weighted by Gasteiger charge is -2.12. The van der Waals surface area contributed by atoms with Crippen LogP contribution in [-0.4, -0.2) is 33.7 Å². The fourth-order valence-corrected chi connectivity index (χ4v) is 2.47. The van der Waals surface area contributed by atoms with Gasteiger partial charge >= 0.3 is 0 Å². The van der Waals surface area contributed by atoms with Crippen molar-refractivity contribution in [1.82, 2.24) is 0 Å². The molecule has 0 saturated carbocycles. The van der Waals surface area contributed by atoms with Crippen LogP contribution in [0, 0.1) is 17.0 Å². The van der Waals surface area contributed by atoms with Crippen LogP contribution in [0.25, 0.3) is 0 Å². The van der Waals surface area contributed by atoms with Crippen molar-refractivity contribution in [3.63, 3.8) is 0 Å². The van der Waals surface area contributed by atoms with Gasteiger partial charge in [0, 0.05) is 29.9 Å². The molecule has 0 bridgehead atoms. The van der Waals surface area contributed by atoms with Crippen LogP contribution in [0.2, 0.25) is 0 Å². The first-order valence-electron chi connectivity index (χ1n) is 5.12. The number of halogens is 1. The smallest absolute Gasteiger partial charge is 0.271 e. The summed E-state index contributed by atoms with van der Waals surface area (Å²) in [5, 5.41) is 10.7. The molecule has 0 amide bonds. The maximum absolute atomic E-state index is 11.4. The third kappa shape index (κ3) is 4.05. The Hall–Kier alpha value is -1.38. The molecule has 19 heavy (non-hydrogen) atoms. The molecule has 0 N–H and O–H groups in total. The van der Waals surface area contributed by atoms with Gasteiger partial charge in [0.2, 0.25) is 0 Å². The number of rotatable bonds is 6. The van der Waals surface area contributed by atoms with E-state index < -0.39 is 18.9 Å². The molecule has 0 aliphatic carbocycles. The van der Waals surface area contributed by atoms with Crippen LogP contribution in [0.4, 0.5) is 5.69 Å². The van der Waals surface area contributed by atoms with E-state index in [9.17, 15) is 18.5 Å². The summed E-state index contributed by atoms with van der Waals surface area (Å²) < 4.78 is 32.9. The number of hydrogen-bond acceptors (Lipinski definition) is 6. The molecule has 0 unspecified atom stereocenters. The molecular formula is C10H12ClNO6S. The minimum atomic E-state index is -4.15. The highest BCUT2D eigenvalue weighted by Gasteiger charge is 2.23. The number of nitro benzene ring substituents is 1. The topological polar surface area (TPSA) is 95.7 Å². The molecule has 0 spiro atoms. The lowest BCUT2D eigenvalue weighted by atomic mass is 10.2. The minimum Gasteiger partial charge on any atom is -0.489 e. The average Bonchev–Trinajstić information content (AvgIpc) is 2.29. The van der Waals surface area contributed by atoms with Gasteiger partial charge in [-0.25, -0.2) is 8.42 Å². The highest BCUT2D eigenvalue weighted by molar-refractivity contribution is 8.13. The van der Waals surface area contributed by atoms with Crippen molar-refractivity contribution in [3.05, 3.63) is 27.8 Å². The number of benzene rings is 1. The molecular weight excluding hydrogens is 298 g/mol. The Balaban J connectivity index is 3.32. The number of nitrogens with zero attached hydrogens (tertiary/aromatic N) is 1. The van der Waals surface area contributed by atoms with E-state index in [-0.39, 0.29) is 24.7 Å². The highest BCUT2D eigenvalue weighted by Crippen LogP contribution is 2.34. The summed E-state index contributed by atoms with van der Waals surface area (Å²) >= 11 is 0. The van der Waals surface area contributed by atoms with Gasteiger partial charge in [-0.1, -0.05) is 0 Å². The van der Waals surface area contributed by atoms with Crippen LogP contribution in [0.1, 0.15) is 5.56 Å². The van der Waals surface area contributed by atoms with Gasteiger partial charge in [0.25, 0.3) is 14.7 Å². The Morgan fingerprint density at radius 1 is 1.37 bits per heavy atom. The number of ether oxygens (including phenoxy) is 2.